The van der Waals surface area contributed by atoms with Gasteiger partial charge in [0.15, 0.2) is 17.0 Å². The molecule has 10 heteroatoms. The first-order valence-corrected chi connectivity index (χ1v) is 9.99. The van der Waals surface area contributed by atoms with Crippen molar-refractivity contribution in [2.75, 3.05) is 11.5 Å². The monoisotopic (exact) mass is 436 g/mol. The van der Waals surface area contributed by atoms with Gasteiger partial charge >= 0.3 is 11.9 Å². The van der Waals surface area contributed by atoms with Crippen molar-refractivity contribution in [1.82, 2.24) is 19.9 Å². The first kappa shape index (κ1) is 22.6. The van der Waals surface area contributed by atoms with Crippen molar-refractivity contribution in [3.05, 3.63) is 53.9 Å². The van der Waals surface area contributed by atoms with Crippen LogP contribution in [0, 0.1) is 5.92 Å². The highest BCUT2D eigenvalue weighted by Crippen LogP contribution is 2.25. The molecule has 166 valence electrons. The van der Waals surface area contributed by atoms with Crippen LogP contribution in [0.25, 0.3) is 16.7 Å². The standard InChI is InChI=1S/C22H24N6O4/c1-12(10-15(21(31)32)7-9-17(29)30)14-5-2-13(3-6-14)4-8-16-11-25-20-18(26-16)19(23)27-22(24)28-20/h2-3,5-6,11,15H,1,4,7-10H2,(H,29,30)(H,31,32)(H4,23,24,25,27,28)/t15-/m1/s1. The highest BCUT2D eigenvalue weighted by atomic mass is 16.4. The number of aryl methyl sites for hydroxylation is 2. The molecule has 6 N–H and O–H groups in total. The number of hydrogen-bond acceptors (Lipinski definition) is 8. The molecule has 3 rings (SSSR count). The lowest BCUT2D eigenvalue weighted by atomic mass is 9.91. The van der Waals surface area contributed by atoms with Crippen LogP contribution in [0.15, 0.2) is 37.0 Å². The summed E-state index contributed by atoms with van der Waals surface area (Å²) in [5.74, 6) is -2.57. The minimum Gasteiger partial charge on any atom is -0.481 e. The fourth-order valence-corrected chi connectivity index (χ4v) is 3.31. The molecular formula is C22H24N6O4. The van der Waals surface area contributed by atoms with Gasteiger partial charge in [-0.3, -0.25) is 9.59 Å². The second kappa shape index (κ2) is 9.82. The number of rotatable bonds is 10. The number of nitrogens with zero attached hydrogens (tertiary/aromatic N) is 4. The number of allylic oxidation sites excluding steroid dienone is 1. The van der Waals surface area contributed by atoms with E-state index >= 15 is 0 Å². The lowest BCUT2D eigenvalue weighted by Crippen LogP contribution is -2.15. The summed E-state index contributed by atoms with van der Waals surface area (Å²) in [6.07, 6.45) is 3.04. The van der Waals surface area contributed by atoms with E-state index in [4.69, 9.17) is 16.6 Å². The molecule has 32 heavy (non-hydrogen) atoms. The maximum Gasteiger partial charge on any atom is 0.306 e. The van der Waals surface area contributed by atoms with Crippen LogP contribution in [0.2, 0.25) is 0 Å². The summed E-state index contributed by atoms with van der Waals surface area (Å²) in [5.41, 5.74) is 15.5. The van der Waals surface area contributed by atoms with Crippen molar-refractivity contribution in [3.63, 3.8) is 0 Å². The summed E-state index contributed by atoms with van der Waals surface area (Å²) >= 11 is 0. The molecule has 1 atom stereocenters. The van der Waals surface area contributed by atoms with Gasteiger partial charge in [0.05, 0.1) is 17.8 Å². The van der Waals surface area contributed by atoms with Gasteiger partial charge in [0.25, 0.3) is 0 Å². The number of fused-ring (bicyclic) bond motifs is 1. The van der Waals surface area contributed by atoms with Gasteiger partial charge in [0.1, 0.15) is 0 Å². The number of aliphatic carboxylic acids is 2. The third-order valence-corrected chi connectivity index (χ3v) is 5.08. The van der Waals surface area contributed by atoms with Crippen molar-refractivity contribution in [2.24, 2.45) is 5.92 Å². The van der Waals surface area contributed by atoms with Crippen LogP contribution in [0.3, 0.4) is 0 Å². The SMILES string of the molecule is C=C(C[C@@H](CCC(=O)O)C(=O)O)c1ccc(CCc2cnc3nc(N)nc(N)c3n2)cc1. The molecule has 0 unspecified atom stereocenters. The summed E-state index contributed by atoms with van der Waals surface area (Å²) in [6, 6.07) is 7.66. The van der Waals surface area contributed by atoms with E-state index < -0.39 is 17.9 Å². The Kier molecular flexibility index (Phi) is 6.93. The quantitative estimate of drug-likeness (QED) is 0.368. The Labute approximate surface area is 184 Å². The fraction of sp³-hybridized carbons (Fsp3) is 0.273. The number of nitrogens with two attached hydrogens (primary N) is 2. The van der Waals surface area contributed by atoms with Crippen LogP contribution >= 0.6 is 0 Å². The van der Waals surface area contributed by atoms with Gasteiger partial charge < -0.3 is 21.7 Å². The van der Waals surface area contributed by atoms with Gasteiger partial charge in [-0.05, 0) is 42.4 Å². The third kappa shape index (κ3) is 5.75. The second-order valence-corrected chi connectivity index (χ2v) is 7.47. The maximum absolute atomic E-state index is 11.4. The average Bonchev–Trinajstić information content (AvgIpc) is 2.75. The molecule has 2 heterocycles. The van der Waals surface area contributed by atoms with Gasteiger partial charge in [0.2, 0.25) is 5.95 Å². The van der Waals surface area contributed by atoms with Crippen LogP contribution in [0.1, 0.15) is 36.1 Å². The summed E-state index contributed by atoms with van der Waals surface area (Å²) in [7, 11) is 0. The molecule has 0 amide bonds. The van der Waals surface area contributed by atoms with Crippen LogP contribution in [0.4, 0.5) is 11.8 Å². The number of hydrogen-bond donors (Lipinski definition) is 4. The van der Waals surface area contributed by atoms with E-state index in [9.17, 15) is 14.7 Å². The topological polar surface area (TPSA) is 178 Å². The molecule has 3 aromatic rings. The first-order chi connectivity index (χ1) is 15.2. The van der Waals surface area contributed by atoms with Crippen molar-refractivity contribution in [3.8, 4) is 0 Å². The first-order valence-electron chi connectivity index (χ1n) is 9.99. The number of carboxylic acid groups (broad SMARTS) is 2. The highest BCUT2D eigenvalue weighted by molar-refractivity contribution is 5.81. The van der Waals surface area contributed by atoms with Crippen molar-refractivity contribution in [1.29, 1.82) is 0 Å². The lowest BCUT2D eigenvalue weighted by molar-refractivity contribution is -0.142. The Morgan fingerprint density at radius 3 is 2.41 bits per heavy atom. The van der Waals surface area contributed by atoms with E-state index in [0.29, 0.717) is 29.6 Å². The minimum atomic E-state index is -1.02. The van der Waals surface area contributed by atoms with Crippen LogP contribution in [-0.2, 0) is 22.4 Å². The molecule has 0 aliphatic heterocycles. The predicted molar refractivity (Wildman–Crippen MR) is 119 cm³/mol. The fourth-order valence-electron chi connectivity index (χ4n) is 3.31. The number of carboxylic acids is 2. The lowest BCUT2D eigenvalue weighted by Gasteiger charge is -2.14. The molecule has 0 spiro atoms. The zero-order valence-electron chi connectivity index (χ0n) is 17.4. The molecule has 10 nitrogen and oxygen atoms in total. The molecule has 0 saturated carbocycles. The molecule has 0 radical (unpaired) electrons. The summed E-state index contributed by atoms with van der Waals surface area (Å²) in [6.45, 7) is 3.98. The summed E-state index contributed by atoms with van der Waals surface area (Å²) in [5, 5.41) is 18.1. The summed E-state index contributed by atoms with van der Waals surface area (Å²) < 4.78 is 0. The van der Waals surface area contributed by atoms with Gasteiger partial charge in [-0.1, -0.05) is 30.8 Å². The molecule has 0 aliphatic carbocycles. The van der Waals surface area contributed by atoms with Gasteiger partial charge in [0, 0.05) is 6.42 Å². The zero-order valence-corrected chi connectivity index (χ0v) is 17.4. The molecule has 0 aliphatic rings. The van der Waals surface area contributed by atoms with E-state index in [1.807, 2.05) is 24.3 Å². The predicted octanol–water partition coefficient (Wildman–Crippen LogP) is 2.34. The highest BCUT2D eigenvalue weighted by Gasteiger charge is 2.20. The van der Waals surface area contributed by atoms with Crippen LogP contribution < -0.4 is 11.5 Å². The van der Waals surface area contributed by atoms with E-state index in [1.54, 1.807) is 6.20 Å². The number of carbonyl (C=O) groups is 2. The third-order valence-electron chi connectivity index (χ3n) is 5.08. The smallest absolute Gasteiger partial charge is 0.306 e. The molecular weight excluding hydrogens is 412 g/mol. The zero-order chi connectivity index (χ0) is 23.3. The maximum atomic E-state index is 11.4. The number of benzene rings is 1. The van der Waals surface area contributed by atoms with Crippen molar-refractivity contribution in [2.45, 2.75) is 32.1 Å². The molecule has 2 aromatic heterocycles. The van der Waals surface area contributed by atoms with Crippen molar-refractivity contribution < 1.29 is 19.8 Å². The van der Waals surface area contributed by atoms with Crippen molar-refractivity contribution >= 4 is 40.4 Å². The largest absolute Gasteiger partial charge is 0.481 e. The Hall–Kier alpha value is -4.08. The van der Waals surface area contributed by atoms with E-state index in [2.05, 4.69) is 26.5 Å². The van der Waals surface area contributed by atoms with E-state index in [1.165, 1.54) is 0 Å². The molecule has 0 fully saturated rings. The number of nitrogen functional groups attached to an aromatic ring is 2. The number of anilines is 2. The Morgan fingerprint density at radius 1 is 1.03 bits per heavy atom. The van der Waals surface area contributed by atoms with E-state index in [0.717, 1.165) is 16.8 Å². The number of aromatic nitrogens is 4. The molecule has 0 bridgehead atoms. The Bertz CT molecular complexity index is 1160. The van der Waals surface area contributed by atoms with Crippen LogP contribution in [-0.4, -0.2) is 42.1 Å². The Balaban J connectivity index is 1.62. The van der Waals surface area contributed by atoms with E-state index in [-0.39, 0.29) is 31.0 Å². The summed E-state index contributed by atoms with van der Waals surface area (Å²) in [4.78, 5) is 38.8. The molecule has 1 aromatic carbocycles. The second-order valence-electron chi connectivity index (χ2n) is 7.47. The van der Waals surface area contributed by atoms with Crippen LogP contribution in [0.5, 0.6) is 0 Å². The van der Waals surface area contributed by atoms with Gasteiger partial charge in [-0.2, -0.15) is 9.97 Å². The molecule has 0 saturated heterocycles. The average molecular weight is 436 g/mol. The Morgan fingerprint density at radius 2 is 1.75 bits per heavy atom. The minimum absolute atomic E-state index is 0.0512. The normalized spacial score (nSPS) is 11.9. The van der Waals surface area contributed by atoms with Gasteiger partial charge in [-0.25, -0.2) is 9.97 Å². The van der Waals surface area contributed by atoms with Gasteiger partial charge in [-0.15, -0.1) is 0 Å².